The van der Waals surface area contributed by atoms with E-state index < -0.39 is 0 Å². The lowest BCUT2D eigenvalue weighted by Gasteiger charge is -2.10. The molecule has 0 spiro atoms. The standard InChI is InChI=1S/C14H21N/c1-3-4-5-7-10-13(2)15-14-11-8-6-9-12-14/h6-13,15H,3-5H2,1-2H3/b10-7+. The van der Waals surface area contributed by atoms with Crippen LogP contribution in [-0.4, -0.2) is 6.04 Å². The van der Waals surface area contributed by atoms with E-state index in [1.54, 1.807) is 0 Å². The molecule has 1 aromatic rings. The number of benzene rings is 1. The minimum absolute atomic E-state index is 0.407. The lowest BCUT2D eigenvalue weighted by atomic mass is 10.2. The van der Waals surface area contributed by atoms with E-state index in [1.807, 2.05) is 6.07 Å². The monoisotopic (exact) mass is 203 g/mol. The molecule has 0 bridgehead atoms. The Morgan fingerprint density at radius 2 is 2.00 bits per heavy atom. The molecule has 0 aromatic heterocycles. The lowest BCUT2D eigenvalue weighted by molar-refractivity contribution is 0.810. The fourth-order valence-electron chi connectivity index (χ4n) is 1.47. The van der Waals surface area contributed by atoms with Gasteiger partial charge in [0.2, 0.25) is 0 Å². The number of rotatable bonds is 6. The molecule has 1 rings (SSSR count). The minimum atomic E-state index is 0.407. The maximum atomic E-state index is 3.43. The Balaban J connectivity index is 2.30. The number of anilines is 1. The minimum Gasteiger partial charge on any atom is -0.379 e. The van der Waals surface area contributed by atoms with Crippen LogP contribution < -0.4 is 5.32 Å². The summed E-state index contributed by atoms with van der Waals surface area (Å²) in [5.74, 6) is 0. The maximum Gasteiger partial charge on any atom is 0.0416 e. The molecule has 1 nitrogen and oxygen atoms in total. The predicted octanol–water partition coefficient (Wildman–Crippen LogP) is 4.23. The fourth-order valence-corrected chi connectivity index (χ4v) is 1.47. The SMILES string of the molecule is CCCC/C=C/C(C)Nc1ccccc1. The normalized spacial score (nSPS) is 12.9. The highest BCUT2D eigenvalue weighted by Crippen LogP contribution is 2.07. The van der Waals surface area contributed by atoms with Crippen LogP contribution in [0, 0.1) is 0 Å². The van der Waals surface area contributed by atoms with Crippen LogP contribution in [0.25, 0.3) is 0 Å². The number of nitrogens with one attached hydrogen (secondary N) is 1. The van der Waals surface area contributed by atoms with Gasteiger partial charge in [-0.1, -0.05) is 50.1 Å². The zero-order valence-corrected chi connectivity index (χ0v) is 9.74. The predicted molar refractivity (Wildman–Crippen MR) is 68.2 cm³/mol. The van der Waals surface area contributed by atoms with Crippen LogP contribution in [0.2, 0.25) is 0 Å². The molecular formula is C14H21N. The van der Waals surface area contributed by atoms with Crippen molar-refractivity contribution in [3.8, 4) is 0 Å². The van der Waals surface area contributed by atoms with Crippen LogP contribution in [0.3, 0.4) is 0 Å². The Morgan fingerprint density at radius 1 is 1.27 bits per heavy atom. The van der Waals surface area contributed by atoms with E-state index >= 15 is 0 Å². The third-order valence-corrected chi connectivity index (χ3v) is 2.32. The molecule has 1 heteroatoms. The third kappa shape index (κ3) is 5.26. The van der Waals surface area contributed by atoms with E-state index in [2.05, 4.69) is 55.6 Å². The van der Waals surface area contributed by atoms with Gasteiger partial charge in [0.1, 0.15) is 0 Å². The van der Waals surface area contributed by atoms with Crippen molar-refractivity contribution in [1.29, 1.82) is 0 Å². The maximum absolute atomic E-state index is 3.43. The Kier molecular flexibility index (Phi) is 5.60. The van der Waals surface area contributed by atoms with Crippen molar-refractivity contribution in [2.24, 2.45) is 0 Å². The van der Waals surface area contributed by atoms with Crippen molar-refractivity contribution in [1.82, 2.24) is 0 Å². The van der Waals surface area contributed by atoms with Gasteiger partial charge in [0.15, 0.2) is 0 Å². The van der Waals surface area contributed by atoms with E-state index in [4.69, 9.17) is 0 Å². The van der Waals surface area contributed by atoms with Gasteiger partial charge in [0.25, 0.3) is 0 Å². The van der Waals surface area contributed by atoms with Crippen LogP contribution >= 0.6 is 0 Å². The second-order valence-electron chi connectivity index (χ2n) is 3.87. The number of para-hydroxylation sites is 1. The summed E-state index contributed by atoms with van der Waals surface area (Å²) in [5.41, 5.74) is 1.19. The molecule has 0 aliphatic carbocycles. The molecule has 0 aliphatic heterocycles. The molecule has 0 saturated heterocycles. The number of hydrogen-bond donors (Lipinski definition) is 1. The molecule has 1 aromatic carbocycles. The summed E-state index contributed by atoms with van der Waals surface area (Å²) in [7, 11) is 0. The van der Waals surface area contributed by atoms with Gasteiger partial charge in [-0.05, 0) is 25.5 Å². The third-order valence-electron chi connectivity index (χ3n) is 2.32. The van der Waals surface area contributed by atoms with Gasteiger partial charge in [-0.3, -0.25) is 0 Å². The topological polar surface area (TPSA) is 12.0 Å². The molecule has 0 amide bonds. The highest BCUT2D eigenvalue weighted by atomic mass is 14.9. The Hall–Kier alpha value is -1.24. The smallest absolute Gasteiger partial charge is 0.0416 e. The van der Waals surface area contributed by atoms with Crippen molar-refractivity contribution in [3.63, 3.8) is 0 Å². The molecule has 1 N–H and O–H groups in total. The Morgan fingerprint density at radius 3 is 2.67 bits per heavy atom. The average molecular weight is 203 g/mol. The van der Waals surface area contributed by atoms with Crippen molar-refractivity contribution < 1.29 is 0 Å². The second kappa shape index (κ2) is 7.10. The summed E-state index contributed by atoms with van der Waals surface area (Å²) in [5, 5.41) is 3.43. The highest BCUT2D eigenvalue weighted by molar-refractivity contribution is 5.44. The zero-order chi connectivity index (χ0) is 10.9. The van der Waals surface area contributed by atoms with Crippen LogP contribution in [0.5, 0.6) is 0 Å². The quantitative estimate of drug-likeness (QED) is 0.539. The molecule has 0 heterocycles. The van der Waals surface area contributed by atoms with Crippen LogP contribution in [0.15, 0.2) is 42.5 Å². The van der Waals surface area contributed by atoms with Gasteiger partial charge in [0, 0.05) is 11.7 Å². The first-order valence-corrected chi connectivity index (χ1v) is 5.81. The van der Waals surface area contributed by atoms with Gasteiger partial charge >= 0.3 is 0 Å². The van der Waals surface area contributed by atoms with Gasteiger partial charge in [-0.2, -0.15) is 0 Å². The summed E-state index contributed by atoms with van der Waals surface area (Å²) in [6, 6.07) is 10.7. The van der Waals surface area contributed by atoms with Gasteiger partial charge in [0.05, 0.1) is 0 Å². The molecule has 15 heavy (non-hydrogen) atoms. The van der Waals surface area contributed by atoms with Crippen molar-refractivity contribution in [3.05, 3.63) is 42.5 Å². The van der Waals surface area contributed by atoms with Crippen LogP contribution in [-0.2, 0) is 0 Å². The first-order chi connectivity index (χ1) is 7.33. The summed E-state index contributed by atoms with van der Waals surface area (Å²) in [4.78, 5) is 0. The van der Waals surface area contributed by atoms with E-state index in [0.29, 0.717) is 6.04 Å². The molecule has 0 saturated carbocycles. The molecule has 0 fully saturated rings. The average Bonchev–Trinajstić information content (AvgIpc) is 2.26. The summed E-state index contributed by atoms with van der Waals surface area (Å²) in [6.45, 7) is 4.40. The molecular weight excluding hydrogens is 182 g/mol. The number of allylic oxidation sites excluding steroid dienone is 1. The summed E-state index contributed by atoms with van der Waals surface area (Å²) < 4.78 is 0. The molecule has 1 unspecified atom stereocenters. The van der Waals surface area contributed by atoms with E-state index in [-0.39, 0.29) is 0 Å². The Labute approximate surface area is 93.2 Å². The van der Waals surface area contributed by atoms with Crippen molar-refractivity contribution in [2.75, 3.05) is 5.32 Å². The van der Waals surface area contributed by atoms with Crippen LogP contribution in [0.1, 0.15) is 33.1 Å². The van der Waals surface area contributed by atoms with E-state index in [9.17, 15) is 0 Å². The Bertz CT molecular complexity index is 277. The first kappa shape index (κ1) is 11.8. The molecule has 0 radical (unpaired) electrons. The van der Waals surface area contributed by atoms with Crippen molar-refractivity contribution >= 4 is 5.69 Å². The lowest BCUT2D eigenvalue weighted by Crippen LogP contribution is -2.11. The molecule has 1 atom stereocenters. The van der Waals surface area contributed by atoms with E-state index in [1.165, 1.54) is 24.9 Å². The highest BCUT2D eigenvalue weighted by Gasteiger charge is 1.95. The number of unbranched alkanes of at least 4 members (excludes halogenated alkanes) is 2. The zero-order valence-electron chi connectivity index (χ0n) is 9.74. The number of hydrogen-bond acceptors (Lipinski definition) is 1. The fraction of sp³-hybridized carbons (Fsp3) is 0.429. The van der Waals surface area contributed by atoms with Crippen LogP contribution in [0.4, 0.5) is 5.69 Å². The first-order valence-electron chi connectivity index (χ1n) is 5.81. The summed E-state index contributed by atoms with van der Waals surface area (Å²) in [6.07, 6.45) is 8.25. The van der Waals surface area contributed by atoms with Gasteiger partial charge in [-0.15, -0.1) is 0 Å². The largest absolute Gasteiger partial charge is 0.379 e. The van der Waals surface area contributed by atoms with Gasteiger partial charge in [-0.25, -0.2) is 0 Å². The molecule has 0 aliphatic rings. The summed E-state index contributed by atoms with van der Waals surface area (Å²) >= 11 is 0. The van der Waals surface area contributed by atoms with E-state index in [0.717, 1.165) is 0 Å². The second-order valence-corrected chi connectivity index (χ2v) is 3.87. The molecule has 82 valence electrons. The van der Waals surface area contributed by atoms with Crippen molar-refractivity contribution in [2.45, 2.75) is 39.2 Å². The van der Waals surface area contributed by atoms with Gasteiger partial charge < -0.3 is 5.32 Å².